The Bertz CT molecular complexity index is 916. The third kappa shape index (κ3) is 4.82. The summed E-state index contributed by atoms with van der Waals surface area (Å²) < 4.78 is 5.73. The fourth-order valence-electron chi connectivity index (χ4n) is 2.62. The summed E-state index contributed by atoms with van der Waals surface area (Å²) in [4.78, 5) is 24.6. The van der Waals surface area contributed by atoms with Crippen LogP contribution in [-0.4, -0.2) is 17.8 Å². The smallest absolute Gasteiger partial charge is 0.255 e. The highest BCUT2D eigenvalue weighted by Crippen LogP contribution is 2.19. The minimum Gasteiger partial charge on any atom is -0.483 e. The Hall–Kier alpha value is -3.40. The van der Waals surface area contributed by atoms with Gasteiger partial charge in [-0.1, -0.05) is 48.0 Å². The van der Waals surface area contributed by atoms with Gasteiger partial charge in [0.25, 0.3) is 5.91 Å². The van der Waals surface area contributed by atoms with Crippen molar-refractivity contribution in [1.29, 1.82) is 0 Å². The summed E-state index contributed by atoms with van der Waals surface area (Å²) in [5.41, 5.74) is 2.98. The molecule has 4 heteroatoms. The number of rotatable bonds is 6. The maximum absolute atomic E-state index is 12.4. The third-order valence-corrected chi connectivity index (χ3v) is 4.17. The van der Waals surface area contributed by atoms with Crippen LogP contribution in [0, 0.1) is 6.92 Å². The molecule has 0 spiro atoms. The van der Waals surface area contributed by atoms with E-state index in [0.717, 1.165) is 5.56 Å². The highest BCUT2D eigenvalue weighted by atomic mass is 16.5. The fraction of sp³-hybridized carbons (Fsp3) is 0.130. The monoisotopic (exact) mass is 359 g/mol. The second kappa shape index (κ2) is 8.32. The van der Waals surface area contributed by atoms with Gasteiger partial charge >= 0.3 is 0 Å². The zero-order valence-corrected chi connectivity index (χ0v) is 15.3. The van der Waals surface area contributed by atoms with Gasteiger partial charge in [-0.05, 0) is 50.2 Å². The largest absolute Gasteiger partial charge is 0.483 e. The van der Waals surface area contributed by atoms with Crippen LogP contribution in [0.15, 0.2) is 78.9 Å². The van der Waals surface area contributed by atoms with E-state index in [-0.39, 0.29) is 11.7 Å². The molecule has 1 atom stereocenters. The van der Waals surface area contributed by atoms with Gasteiger partial charge in [-0.3, -0.25) is 9.59 Å². The average molecular weight is 359 g/mol. The molecule has 0 aliphatic rings. The van der Waals surface area contributed by atoms with Crippen LogP contribution >= 0.6 is 0 Å². The van der Waals surface area contributed by atoms with Crippen LogP contribution in [0.4, 0.5) is 5.69 Å². The van der Waals surface area contributed by atoms with Gasteiger partial charge in [-0.15, -0.1) is 0 Å². The molecule has 1 N–H and O–H groups in total. The highest BCUT2D eigenvalue weighted by Gasteiger charge is 2.16. The number of nitrogens with one attached hydrogen (secondary N) is 1. The normalized spacial score (nSPS) is 11.5. The fourth-order valence-corrected chi connectivity index (χ4v) is 2.62. The van der Waals surface area contributed by atoms with E-state index in [9.17, 15) is 9.59 Å². The first-order valence-electron chi connectivity index (χ1n) is 8.77. The highest BCUT2D eigenvalue weighted by molar-refractivity contribution is 6.04. The van der Waals surface area contributed by atoms with Crippen LogP contribution in [0.25, 0.3) is 0 Å². The predicted octanol–water partition coefficient (Wildman–Crippen LogP) is 4.90. The number of hydrogen-bond acceptors (Lipinski definition) is 3. The summed E-state index contributed by atoms with van der Waals surface area (Å²) in [6.45, 7) is 3.70. The number of anilines is 1. The van der Waals surface area contributed by atoms with Crippen LogP contribution in [-0.2, 0) is 0 Å². The van der Waals surface area contributed by atoms with Crippen molar-refractivity contribution in [2.45, 2.75) is 20.0 Å². The molecule has 27 heavy (non-hydrogen) atoms. The lowest BCUT2D eigenvalue weighted by atomic mass is 10.1. The molecule has 0 saturated heterocycles. The molecule has 136 valence electrons. The number of carbonyl (C=O) groups is 2. The molecule has 0 aliphatic carbocycles. The molecule has 0 saturated carbocycles. The standard InChI is InChI=1S/C23H21NO3/c1-16-8-10-19(11-9-16)23(26)24-20-12-14-21(15-13-20)27-17(2)22(25)18-6-4-3-5-7-18/h3-15,17H,1-2H3,(H,24,26). The molecule has 0 aliphatic heterocycles. The molecular formula is C23H21NO3. The molecule has 0 radical (unpaired) electrons. The number of ketones is 1. The number of hydrogen-bond donors (Lipinski definition) is 1. The zero-order valence-electron chi connectivity index (χ0n) is 15.3. The van der Waals surface area contributed by atoms with Crippen molar-refractivity contribution >= 4 is 17.4 Å². The van der Waals surface area contributed by atoms with Gasteiger partial charge in [0.05, 0.1) is 0 Å². The molecule has 0 heterocycles. The zero-order chi connectivity index (χ0) is 19.2. The van der Waals surface area contributed by atoms with Crippen molar-refractivity contribution in [3.05, 3.63) is 95.6 Å². The summed E-state index contributed by atoms with van der Waals surface area (Å²) in [5, 5.41) is 2.85. The molecule has 3 rings (SSSR count). The number of carbonyl (C=O) groups excluding carboxylic acids is 2. The molecule has 3 aromatic carbocycles. The summed E-state index contributed by atoms with van der Waals surface area (Å²) in [7, 11) is 0. The van der Waals surface area contributed by atoms with E-state index in [0.29, 0.717) is 22.6 Å². The number of benzene rings is 3. The van der Waals surface area contributed by atoms with Gasteiger partial charge in [0.1, 0.15) is 5.75 Å². The first-order valence-corrected chi connectivity index (χ1v) is 8.77. The quantitative estimate of drug-likeness (QED) is 0.637. The lowest BCUT2D eigenvalue weighted by Crippen LogP contribution is -2.23. The van der Waals surface area contributed by atoms with Gasteiger partial charge in [-0.2, -0.15) is 0 Å². The van der Waals surface area contributed by atoms with E-state index in [2.05, 4.69) is 5.32 Å². The second-order valence-electron chi connectivity index (χ2n) is 6.33. The number of amides is 1. The van der Waals surface area contributed by atoms with Crippen LogP contribution < -0.4 is 10.1 Å². The topological polar surface area (TPSA) is 55.4 Å². The Morgan fingerprint density at radius 1 is 0.815 bits per heavy atom. The lowest BCUT2D eigenvalue weighted by molar-refractivity contribution is 0.0818. The van der Waals surface area contributed by atoms with Crippen molar-refractivity contribution in [1.82, 2.24) is 0 Å². The summed E-state index contributed by atoms with van der Waals surface area (Å²) in [6.07, 6.45) is -0.597. The van der Waals surface area contributed by atoms with Crippen molar-refractivity contribution in [2.75, 3.05) is 5.32 Å². The van der Waals surface area contributed by atoms with Gasteiger partial charge in [-0.25, -0.2) is 0 Å². The first kappa shape index (κ1) is 18.4. The Morgan fingerprint density at radius 2 is 1.44 bits per heavy atom. The molecule has 0 fully saturated rings. The number of ether oxygens (including phenoxy) is 1. The molecule has 1 amide bonds. The summed E-state index contributed by atoms with van der Waals surface area (Å²) >= 11 is 0. The Labute approximate surface area is 158 Å². The molecule has 4 nitrogen and oxygen atoms in total. The minimum atomic E-state index is -0.597. The van der Waals surface area contributed by atoms with Crippen LogP contribution in [0.3, 0.4) is 0 Å². The van der Waals surface area contributed by atoms with Gasteiger partial charge < -0.3 is 10.1 Å². The molecule has 3 aromatic rings. The van der Waals surface area contributed by atoms with Crippen LogP contribution in [0.1, 0.15) is 33.2 Å². The first-order chi connectivity index (χ1) is 13.0. The summed E-state index contributed by atoms with van der Waals surface area (Å²) in [6, 6.07) is 23.4. The van der Waals surface area contributed by atoms with Crippen LogP contribution in [0.5, 0.6) is 5.75 Å². The van der Waals surface area contributed by atoms with E-state index in [1.54, 1.807) is 55.5 Å². The lowest BCUT2D eigenvalue weighted by Gasteiger charge is -2.14. The third-order valence-electron chi connectivity index (χ3n) is 4.17. The Balaban J connectivity index is 1.60. The molecule has 1 unspecified atom stereocenters. The molecule has 0 aromatic heterocycles. The average Bonchev–Trinajstić information content (AvgIpc) is 2.70. The predicted molar refractivity (Wildman–Crippen MR) is 106 cm³/mol. The molecule has 0 bridgehead atoms. The Kier molecular flexibility index (Phi) is 5.67. The maximum atomic E-state index is 12.4. The van der Waals surface area contributed by atoms with Crippen molar-refractivity contribution < 1.29 is 14.3 Å². The van der Waals surface area contributed by atoms with E-state index in [1.165, 1.54) is 0 Å². The minimum absolute atomic E-state index is 0.0765. The van der Waals surface area contributed by atoms with E-state index in [4.69, 9.17) is 4.74 Å². The van der Waals surface area contributed by atoms with E-state index < -0.39 is 6.10 Å². The number of aryl methyl sites for hydroxylation is 1. The van der Waals surface area contributed by atoms with Crippen LogP contribution in [0.2, 0.25) is 0 Å². The van der Waals surface area contributed by atoms with Gasteiger partial charge in [0.2, 0.25) is 5.78 Å². The van der Waals surface area contributed by atoms with Crippen molar-refractivity contribution in [2.24, 2.45) is 0 Å². The van der Waals surface area contributed by atoms with Gasteiger partial charge in [0, 0.05) is 16.8 Å². The van der Waals surface area contributed by atoms with E-state index in [1.807, 2.05) is 37.3 Å². The van der Waals surface area contributed by atoms with E-state index >= 15 is 0 Å². The molecular weight excluding hydrogens is 338 g/mol. The van der Waals surface area contributed by atoms with Gasteiger partial charge in [0.15, 0.2) is 6.10 Å². The maximum Gasteiger partial charge on any atom is 0.255 e. The van der Waals surface area contributed by atoms with Crippen molar-refractivity contribution in [3.8, 4) is 5.75 Å². The summed E-state index contributed by atoms with van der Waals surface area (Å²) in [5.74, 6) is 0.323. The SMILES string of the molecule is Cc1ccc(C(=O)Nc2ccc(OC(C)C(=O)c3ccccc3)cc2)cc1. The number of Topliss-reactive ketones (excluding diaryl/α,β-unsaturated/α-hetero) is 1. The second-order valence-corrected chi connectivity index (χ2v) is 6.33. The Morgan fingerprint density at radius 3 is 2.07 bits per heavy atom. The van der Waals surface area contributed by atoms with Crippen molar-refractivity contribution in [3.63, 3.8) is 0 Å².